The number of aromatic nitrogens is 3. The molecule has 0 N–H and O–H groups in total. The molecule has 1 fully saturated rings. The number of benzene rings is 3. The number of amides is 1. The van der Waals surface area contributed by atoms with Crippen molar-refractivity contribution in [3.05, 3.63) is 96.3 Å². The molecule has 39 heavy (non-hydrogen) atoms. The number of hydrogen-bond donors (Lipinski definition) is 0. The topological polar surface area (TPSA) is 84.6 Å². The maximum absolute atomic E-state index is 12.1. The Kier molecular flexibility index (Phi) is 6.91. The fourth-order valence-electron chi connectivity index (χ4n) is 4.94. The molecule has 5 aromatic rings. The lowest BCUT2D eigenvalue weighted by molar-refractivity contribution is -0.128. The van der Waals surface area contributed by atoms with Crippen LogP contribution in [-0.2, 0) is 11.2 Å². The number of nitrogens with zero attached hydrogens (tertiary/aromatic N) is 5. The molecule has 1 amide bonds. The quantitative estimate of drug-likeness (QED) is 0.283. The summed E-state index contributed by atoms with van der Waals surface area (Å²) >= 11 is 0. The predicted molar refractivity (Wildman–Crippen MR) is 150 cm³/mol. The van der Waals surface area contributed by atoms with Crippen molar-refractivity contribution < 1.29 is 14.1 Å². The molecule has 0 aliphatic carbocycles. The van der Waals surface area contributed by atoms with Gasteiger partial charge in [0.1, 0.15) is 34.2 Å². The van der Waals surface area contributed by atoms with Gasteiger partial charge in [0.2, 0.25) is 5.91 Å². The van der Waals surface area contributed by atoms with Crippen molar-refractivity contribution in [1.29, 1.82) is 0 Å². The number of fused-ring (bicyclic) bond motifs is 1. The van der Waals surface area contributed by atoms with E-state index in [4.69, 9.17) is 19.2 Å². The van der Waals surface area contributed by atoms with Crippen LogP contribution in [0, 0.1) is 0 Å². The molecule has 0 spiro atoms. The first-order chi connectivity index (χ1) is 19.1. The van der Waals surface area contributed by atoms with Gasteiger partial charge >= 0.3 is 0 Å². The number of anilines is 1. The Labute approximate surface area is 226 Å². The zero-order valence-corrected chi connectivity index (χ0v) is 21.8. The van der Waals surface area contributed by atoms with E-state index in [0.29, 0.717) is 42.5 Å². The second kappa shape index (κ2) is 10.9. The summed E-state index contributed by atoms with van der Waals surface area (Å²) in [4.78, 5) is 26.0. The van der Waals surface area contributed by atoms with E-state index in [1.165, 1.54) is 0 Å². The fourth-order valence-corrected chi connectivity index (χ4v) is 4.94. The standard InChI is InChI=1S/C31H29N5O3/c1-22(37)35-16-9-17-36(19-18-35)30-28-29(24-12-8-15-26(21-24)38-25-13-6-3-7-14-25)34-39-31(28)33-27(32-30)20-23-10-4-2-5-11-23/h2-8,10-15,21H,9,16-20H2,1H3. The Hall–Kier alpha value is -4.72. The molecular weight excluding hydrogens is 490 g/mol. The molecule has 2 aromatic heterocycles. The average Bonchev–Trinajstić information content (AvgIpc) is 3.22. The third-order valence-electron chi connectivity index (χ3n) is 6.90. The van der Waals surface area contributed by atoms with Crippen molar-refractivity contribution >= 4 is 22.8 Å². The first kappa shape index (κ1) is 24.6. The summed E-state index contributed by atoms with van der Waals surface area (Å²) in [6.45, 7) is 4.42. The van der Waals surface area contributed by atoms with Crippen LogP contribution < -0.4 is 9.64 Å². The van der Waals surface area contributed by atoms with E-state index in [9.17, 15) is 4.79 Å². The third kappa shape index (κ3) is 5.45. The van der Waals surface area contributed by atoms with E-state index in [1.54, 1.807) is 6.92 Å². The molecule has 8 nitrogen and oxygen atoms in total. The summed E-state index contributed by atoms with van der Waals surface area (Å²) < 4.78 is 11.9. The Balaban J connectivity index is 1.41. The minimum Gasteiger partial charge on any atom is -0.457 e. The molecule has 8 heteroatoms. The van der Waals surface area contributed by atoms with Gasteiger partial charge in [-0.3, -0.25) is 4.79 Å². The van der Waals surface area contributed by atoms with Crippen molar-refractivity contribution in [2.24, 2.45) is 0 Å². The molecule has 0 unspecified atom stereocenters. The van der Waals surface area contributed by atoms with E-state index in [1.807, 2.05) is 77.7 Å². The highest BCUT2D eigenvalue weighted by Gasteiger charge is 2.25. The van der Waals surface area contributed by atoms with Crippen molar-refractivity contribution in [3.8, 4) is 22.8 Å². The van der Waals surface area contributed by atoms with Crippen molar-refractivity contribution in [3.63, 3.8) is 0 Å². The van der Waals surface area contributed by atoms with E-state index >= 15 is 0 Å². The highest BCUT2D eigenvalue weighted by molar-refractivity contribution is 5.98. The average molecular weight is 520 g/mol. The summed E-state index contributed by atoms with van der Waals surface area (Å²) in [6.07, 6.45) is 1.42. The molecule has 1 aliphatic heterocycles. The maximum atomic E-state index is 12.1. The van der Waals surface area contributed by atoms with Crippen LogP contribution in [0.5, 0.6) is 11.5 Å². The predicted octanol–water partition coefficient (Wildman–Crippen LogP) is 5.73. The number of rotatable bonds is 6. The van der Waals surface area contributed by atoms with E-state index < -0.39 is 0 Å². The maximum Gasteiger partial charge on any atom is 0.263 e. The minimum absolute atomic E-state index is 0.0929. The summed E-state index contributed by atoms with van der Waals surface area (Å²) in [7, 11) is 0. The summed E-state index contributed by atoms with van der Waals surface area (Å²) in [5, 5.41) is 5.22. The zero-order valence-electron chi connectivity index (χ0n) is 21.8. The number of carbonyl (C=O) groups excluding carboxylic acids is 1. The van der Waals surface area contributed by atoms with Gasteiger partial charge in [-0.25, -0.2) is 4.98 Å². The van der Waals surface area contributed by atoms with Crippen molar-refractivity contribution in [2.45, 2.75) is 19.8 Å². The molecule has 0 atom stereocenters. The Bertz CT molecular complexity index is 1590. The molecule has 3 heterocycles. The molecule has 0 bridgehead atoms. The van der Waals surface area contributed by atoms with Gasteiger partial charge in [0, 0.05) is 45.1 Å². The molecule has 6 rings (SSSR count). The molecule has 3 aromatic carbocycles. The van der Waals surface area contributed by atoms with Gasteiger partial charge in [0.25, 0.3) is 5.71 Å². The second-order valence-corrected chi connectivity index (χ2v) is 9.63. The highest BCUT2D eigenvalue weighted by Crippen LogP contribution is 2.36. The lowest BCUT2D eigenvalue weighted by Gasteiger charge is -2.23. The smallest absolute Gasteiger partial charge is 0.263 e. The van der Waals surface area contributed by atoms with E-state index in [-0.39, 0.29) is 5.91 Å². The van der Waals surface area contributed by atoms with Crippen molar-refractivity contribution in [2.75, 3.05) is 31.1 Å². The van der Waals surface area contributed by atoms with Gasteiger partial charge in [-0.2, -0.15) is 4.98 Å². The van der Waals surface area contributed by atoms with Crippen LogP contribution in [0.2, 0.25) is 0 Å². The highest BCUT2D eigenvalue weighted by atomic mass is 16.5. The Morgan fingerprint density at radius 2 is 1.64 bits per heavy atom. The Morgan fingerprint density at radius 3 is 2.44 bits per heavy atom. The lowest BCUT2D eigenvalue weighted by atomic mass is 10.1. The Morgan fingerprint density at radius 1 is 0.872 bits per heavy atom. The van der Waals surface area contributed by atoms with Crippen LogP contribution in [0.25, 0.3) is 22.4 Å². The van der Waals surface area contributed by atoms with Gasteiger partial charge in [0.05, 0.1) is 0 Å². The van der Waals surface area contributed by atoms with Crippen LogP contribution >= 0.6 is 0 Å². The lowest BCUT2D eigenvalue weighted by Crippen LogP contribution is -2.34. The van der Waals surface area contributed by atoms with Crippen molar-refractivity contribution in [1.82, 2.24) is 20.0 Å². The van der Waals surface area contributed by atoms with Crippen LogP contribution in [-0.4, -0.2) is 52.1 Å². The summed E-state index contributed by atoms with van der Waals surface area (Å²) in [5.41, 5.74) is 3.08. The number of para-hydroxylation sites is 1. The molecule has 1 aliphatic rings. The SMILES string of the molecule is CC(=O)N1CCCN(c2nc(Cc3ccccc3)nc3onc(-c4cccc(Oc5ccccc5)c4)c23)CC1. The van der Waals surface area contributed by atoms with Gasteiger partial charge in [0.15, 0.2) is 0 Å². The molecule has 1 saturated heterocycles. The van der Waals surface area contributed by atoms with Gasteiger partial charge in [-0.1, -0.05) is 65.8 Å². The molecule has 196 valence electrons. The third-order valence-corrected chi connectivity index (χ3v) is 6.90. The van der Waals surface area contributed by atoms with Crippen LogP contribution in [0.15, 0.2) is 89.5 Å². The normalized spacial score (nSPS) is 13.9. The summed E-state index contributed by atoms with van der Waals surface area (Å²) in [5.74, 6) is 3.00. The second-order valence-electron chi connectivity index (χ2n) is 9.63. The van der Waals surface area contributed by atoms with Crippen LogP contribution in [0.4, 0.5) is 5.82 Å². The van der Waals surface area contributed by atoms with Gasteiger partial charge in [-0.05, 0) is 36.2 Å². The molecule has 0 radical (unpaired) electrons. The number of hydrogen-bond acceptors (Lipinski definition) is 7. The van der Waals surface area contributed by atoms with E-state index in [2.05, 4.69) is 22.2 Å². The first-order valence-corrected chi connectivity index (χ1v) is 13.2. The molecule has 0 saturated carbocycles. The van der Waals surface area contributed by atoms with E-state index in [0.717, 1.165) is 47.6 Å². The summed E-state index contributed by atoms with van der Waals surface area (Å²) in [6, 6.07) is 27.6. The zero-order chi connectivity index (χ0) is 26.6. The monoisotopic (exact) mass is 519 g/mol. The van der Waals surface area contributed by atoms with Gasteiger partial charge < -0.3 is 19.1 Å². The fraction of sp³-hybridized carbons (Fsp3) is 0.226. The van der Waals surface area contributed by atoms with Gasteiger partial charge in [-0.15, -0.1) is 0 Å². The minimum atomic E-state index is 0.0929. The first-order valence-electron chi connectivity index (χ1n) is 13.2. The number of ether oxygens (including phenoxy) is 1. The number of carbonyl (C=O) groups is 1. The van der Waals surface area contributed by atoms with Crippen LogP contribution in [0.1, 0.15) is 24.7 Å². The molecular formula is C31H29N5O3. The van der Waals surface area contributed by atoms with Crippen LogP contribution in [0.3, 0.4) is 0 Å². The largest absolute Gasteiger partial charge is 0.457 e.